The molecule has 1 atom stereocenters. The van der Waals surface area contributed by atoms with Crippen molar-refractivity contribution in [1.29, 1.82) is 0 Å². The van der Waals surface area contributed by atoms with E-state index in [9.17, 15) is 9.59 Å². The molecule has 4 rings (SSSR count). The van der Waals surface area contributed by atoms with Crippen LogP contribution < -0.4 is 5.56 Å². The average Bonchev–Trinajstić information content (AvgIpc) is 3.25. The van der Waals surface area contributed by atoms with Gasteiger partial charge in [0.05, 0.1) is 30.5 Å². The first kappa shape index (κ1) is 20.0. The number of aryl methyl sites for hydroxylation is 2. The van der Waals surface area contributed by atoms with Gasteiger partial charge in [0.15, 0.2) is 0 Å². The molecule has 0 radical (unpaired) electrons. The molecule has 0 bridgehead atoms. The van der Waals surface area contributed by atoms with Crippen molar-refractivity contribution in [3.63, 3.8) is 0 Å². The highest BCUT2D eigenvalue weighted by Crippen LogP contribution is 2.20. The van der Waals surface area contributed by atoms with Gasteiger partial charge in [0, 0.05) is 44.4 Å². The van der Waals surface area contributed by atoms with Gasteiger partial charge in [-0.05, 0) is 44.2 Å². The third-order valence-corrected chi connectivity index (χ3v) is 5.59. The zero-order chi connectivity index (χ0) is 21.1. The highest BCUT2D eigenvalue weighted by Gasteiger charge is 2.27. The first-order chi connectivity index (χ1) is 14.5. The summed E-state index contributed by atoms with van der Waals surface area (Å²) in [5, 5.41) is 0. The van der Waals surface area contributed by atoms with E-state index in [-0.39, 0.29) is 23.6 Å². The Morgan fingerprint density at radius 3 is 2.80 bits per heavy atom. The van der Waals surface area contributed by atoms with Gasteiger partial charge >= 0.3 is 0 Å². The average molecular weight is 406 g/mol. The smallest absolute Gasteiger partial charge is 0.264 e. The van der Waals surface area contributed by atoms with Gasteiger partial charge in [-0.2, -0.15) is 0 Å². The Labute approximate surface area is 175 Å². The van der Waals surface area contributed by atoms with E-state index >= 15 is 0 Å². The van der Waals surface area contributed by atoms with Crippen molar-refractivity contribution in [2.75, 3.05) is 13.1 Å². The Morgan fingerprint density at radius 2 is 2.07 bits per heavy atom. The van der Waals surface area contributed by atoms with Crippen molar-refractivity contribution in [2.45, 2.75) is 39.8 Å². The van der Waals surface area contributed by atoms with Gasteiger partial charge in [0.2, 0.25) is 0 Å². The van der Waals surface area contributed by atoms with Crippen LogP contribution >= 0.6 is 0 Å². The van der Waals surface area contributed by atoms with E-state index in [1.54, 1.807) is 31.1 Å². The van der Waals surface area contributed by atoms with Crippen LogP contribution in [0.15, 0.2) is 48.2 Å². The molecule has 4 heterocycles. The molecule has 3 aromatic heterocycles. The molecule has 1 unspecified atom stereocenters. The number of nitrogens with zero attached hydrogens (tertiary/aromatic N) is 6. The third-order valence-electron chi connectivity index (χ3n) is 5.59. The molecule has 1 aliphatic rings. The summed E-state index contributed by atoms with van der Waals surface area (Å²) in [5.74, 6) is 0.170. The summed E-state index contributed by atoms with van der Waals surface area (Å²) in [6.45, 7) is 6.12. The van der Waals surface area contributed by atoms with Gasteiger partial charge in [-0.25, -0.2) is 4.98 Å². The van der Waals surface area contributed by atoms with Gasteiger partial charge in [-0.3, -0.25) is 19.6 Å². The van der Waals surface area contributed by atoms with Crippen molar-refractivity contribution in [1.82, 2.24) is 29.0 Å². The quantitative estimate of drug-likeness (QED) is 0.647. The van der Waals surface area contributed by atoms with Gasteiger partial charge in [-0.15, -0.1) is 0 Å². The number of amides is 1. The molecule has 0 N–H and O–H groups in total. The van der Waals surface area contributed by atoms with Crippen LogP contribution in [0.5, 0.6) is 0 Å². The summed E-state index contributed by atoms with van der Waals surface area (Å²) in [6.07, 6.45) is 12.6. The number of pyridine rings is 1. The third kappa shape index (κ3) is 4.32. The predicted octanol–water partition coefficient (Wildman–Crippen LogP) is 2.05. The zero-order valence-electron chi connectivity index (χ0n) is 17.4. The van der Waals surface area contributed by atoms with Crippen LogP contribution in [0.4, 0.5) is 0 Å². The number of imidazole rings is 1. The molecule has 1 fully saturated rings. The minimum absolute atomic E-state index is 0.183. The Hall–Kier alpha value is -3.29. The fourth-order valence-corrected chi connectivity index (χ4v) is 3.97. The van der Waals surface area contributed by atoms with E-state index in [4.69, 9.17) is 0 Å². The minimum Gasteiger partial charge on any atom is -0.338 e. The van der Waals surface area contributed by atoms with E-state index in [2.05, 4.69) is 15.0 Å². The first-order valence-corrected chi connectivity index (χ1v) is 10.2. The standard InChI is InChI=1S/C22H26N6O2/c1-16-5-8-28(14-19-11-24-17(2)10-25-19)22(30)20(16)21(29)27-7-3-4-18(13-27)12-26-9-6-23-15-26/h5-6,8-11,15,18H,3-4,7,12-14H2,1-2H3. The molecule has 156 valence electrons. The fourth-order valence-electron chi connectivity index (χ4n) is 3.97. The van der Waals surface area contributed by atoms with Gasteiger partial charge in [-0.1, -0.05) is 0 Å². The normalized spacial score (nSPS) is 16.6. The van der Waals surface area contributed by atoms with Gasteiger partial charge in [0.25, 0.3) is 11.5 Å². The zero-order valence-corrected chi connectivity index (χ0v) is 17.4. The van der Waals surface area contributed by atoms with Crippen LogP contribution in [0.3, 0.4) is 0 Å². The molecule has 1 saturated heterocycles. The Bertz CT molecular complexity index is 1070. The monoisotopic (exact) mass is 406 g/mol. The van der Waals surface area contributed by atoms with Gasteiger partial charge in [0.1, 0.15) is 5.56 Å². The number of aromatic nitrogens is 5. The van der Waals surface area contributed by atoms with Crippen LogP contribution in [0.25, 0.3) is 0 Å². The Morgan fingerprint density at radius 1 is 1.20 bits per heavy atom. The van der Waals surface area contributed by atoms with Crippen molar-refractivity contribution in [3.05, 3.63) is 76.2 Å². The highest BCUT2D eigenvalue weighted by molar-refractivity contribution is 5.95. The maximum Gasteiger partial charge on any atom is 0.264 e. The van der Waals surface area contributed by atoms with Crippen LogP contribution in [0.2, 0.25) is 0 Å². The Balaban J connectivity index is 1.54. The van der Waals surface area contributed by atoms with Crippen LogP contribution in [0, 0.1) is 19.8 Å². The molecule has 0 spiro atoms. The van der Waals surface area contributed by atoms with Crippen LogP contribution in [0.1, 0.15) is 40.2 Å². The van der Waals surface area contributed by atoms with Crippen molar-refractivity contribution in [3.8, 4) is 0 Å². The lowest BCUT2D eigenvalue weighted by atomic mass is 9.97. The second-order valence-electron chi connectivity index (χ2n) is 7.97. The lowest BCUT2D eigenvalue weighted by Crippen LogP contribution is -2.44. The molecule has 8 nitrogen and oxygen atoms in total. The molecule has 0 aromatic carbocycles. The SMILES string of the molecule is Cc1cnc(Cn2ccc(C)c(C(=O)N3CCCC(Cn4ccnc4)C3)c2=O)cn1. The van der Waals surface area contributed by atoms with Crippen LogP contribution in [-0.2, 0) is 13.1 Å². The summed E-state index contributed by atoms with van der Waals surface area (Å²) in [4.78, 5) is 40.9. The summed E-state index contributed by atoms with van der Waals surface area (Å²) >= 11 is 0. The van der Waals surface area contributed by atoms with Crippen molar-refractivity contribution < 1.29 is 4.79 Å². The van der Waals surface area contributed by atoms with E-state index in [1.165, 1.54) is 4.57 Å². The molecule has 3 aromatic rings. The molecule has 1 aliphatic heterocycles. The molecule has 8 heteroatoms. The Kier molecular flexibility index (Phi) is 5.74. The molecular formula is C22H26N6O2. The van der Waals surface area contributed by atoms with Crippen molar-refractivity contribution >= 4 is 5.91 Å². The number of likely N-dealkylation sites (tertiary alicyclic amines) is 1. The lowest BCUT2D eigenvalue weighted by Gasteiger charge is -2.33. The lowest BCUT2D eigenvalue weighted by molar-refractivity contribution is 0.0659. The maximum absolute atomic E-state index is 13.3. The second kappa shape index (κ2) is 8.61. The van der Waals surface area contributed by atoms with Gasteiger partial charge < -0.3 is 14.0 Å². The van der Waals surface area contributed by atoms with E-state index in [1.807, 2.05) is 35.6 Å². The predicted molar refractivity (Wildman–Crippen MR) is 112 cm³/mol. The largest absolute Gasteiger partial charge is 0.338 e. The number of carbonyl (C=O) groups is 1. The summed E-state index contributed by atoms with van der Waals surface area (Å²) in [7, 11) is 0. The molecule has 30 heavy (non-hydrogen) atoms. The van der Waals surface area contributed by atoms with Crippen molar-refractivity contribution in [2.24, 2.45) is 5.92 Å². The molecular weight excluding hydrogens is 380 g/mol. The van der Waals surface area contributed by atoms with E-state index < -0.39 is 0 Å². The minimum atomic E-state index is -0.279. The summed E-state index contributed by atoms with van der Waals surface area (Å²) < 4.78 is 3.58. The highest BCUT2D eigenvalue weighted by atomic mass is 16.2. The van der Waals surface area contributed by atoms with Crippen LogP contribution in [-0.4, -0.2) is 48.0 Å². The number of carbonyl (C=O) groups excluding carboxylic acids is 1. The molecule has 0 aliphatic carbocycles. The van der Waals surface area contributed by atoms with E-state index in [0.29, 0.717) is 30.3 Å². The van der Waals surface area contributed by atoms with E-state index in [0.717, 1.165) is 25.1 Å². The fraction of sp³-hybridized carbons (Fsp3) is 0.409. The number of hydrogen-bond acceptors (Lipinski definition) is 5. The summed E-state index contributed by atoms with van der Waals surface area (Å²) in [5.41, 5.74) is 2.18. The number of piperidine rings is 1. The second-order valence-corrected chi connectivity index (χ2v) is 7.97. The number of rotatable bonds is 5. The number of hydrogen-bond donors (Lipinski definition) is 0. The maximum atomic E-state index is 13.3. The molecule has 1 amide bonds. The molecule has 0 saturated carbocycles. The first-order valence-electron chi connectivity index (χ1n) is 10.2. The summed E-state index contributed by atoms with van der Waals surface area (Å²) in [6, 6.07) is 1.82. The topological polar surface area (TPSA) is 85.9 Å².